The van der Waals surface area contributed by atoms with Gasteiger partial charge < -0.3 is 20.4 Å². The molecule has 0 radical (unpaired) electrons. The van der Waals surface area contributed by atoms with Crippen molar-refractivity contribution in [2.24, 2.45) is 0 Å². The van der Waals surface area contributed by atoms with Crippen LogP contribution in [0.5, 0.6) is 0 Å². The van der Waals surface area contributed by atoms with Crippen molar-refractivity contribution in [1.29, 1.82) is 0 Å². The van der Waals surface area contributed by atoms with Crippen LogP contribution < -0.4 is 15.5 Å². The van der Waals surface area contributed by atoms with Crippen molar-refractivity contribution in [3.63, 3.8) is 0 Å². The molecule has 2 rings (SSSR count). The second-order valence-corrected chi connectivity index (χ2v) is 6.55. The summed E-state index contributed by atoms with van der Waals surface area (Å²) in [6, 6.07) is 6.43. The second-order valence-electron chi connectivity index (χ2n) is 6.55. The van der Waals surface area contributed by atoms with Crippen LogP contribution in [-0.4, -0.2) is 60.4 Å². The smallest absolute Gasteiger partial charge is 0.244 e. The summed E-state index contributed by atoms with van der Waals surface area (Å²) in [7, 11) is 4.13. The maximum absolute atomic E-state index is 4.50. The number of aromatic nitrogens is 3. The molecule has 0 saturated heterocycles. The molecule has 26 heavy (non-hydrogen) atoms. The van der Waals surface area contributed by atoms with Gasteiger partial charge in [-0.3, -0.25) is 0 Å². The van der Waals surface area contributed by atoms with E-state index in [0.717, 1.165) is 38.3 Å². The summed E-state index contributed by atoms with van der Waals surface area (Å²) < 4.78 is 0. The van der Waals surface area contributed by atoms with E-state index in [9.17, 15) is 0 Å². The fourth-order valence-corrected chi connectivity index (χ4v) is 2.75. The highest BCUT2D eigenvalue weighted by Gasteiger charge is 2.07. The summed E-state index contributed by atoms with van der Waals surface area (Å²) in [5.41, 5.74) is 3.44. The van der Waals surface area contributed by atoms with E-state index in [2.05, 4.69) is 88.7 Å². The molecule has 1 aromatic carbocycles. The van der Waals surface area contributed by atoms with Crippen molar-refractivity contribution >= 4 is 23.1 Å². The molecule has 1 heterocycles. The highest BCUT2D eigenvalue weighted by molar-refractivity contribution is 5.65. The van der Waals surface area contributed by atoms with Gasteiger partial charge in [-0.15, -0.1) is 5.10 Å². The molecule has 7 heteroatoms. The van der Waals surface area contributed by atoms with Gasteiger partial charge in [-0.1, -0.05) is 0 Å². The van der Waals surface area contributed by atoms with Crippen molar-refractivity contribution in [3.05, 3.63) is 30.0 Å². The minimum absolute atomic E-state index is 0.547. The number of rotatable bonds is 10. The third kappa shape index (κ3) is 5.84. The Morgan fingerprint density at radius 1 is 1.12 bits per heavy atom. The SMILES string of the molecule is CCN(CC)c1ccc(Nc2cnnc(NCCCN(C)C)n2)c(C)c1. The predicted molar refractivity (Wildman–Crippen MR) is 110 cm³/mol. The van der Waals surface area contributed by atoms with Gasteiger partial charge in [-0.2, -0.15) is 10.1 Å². The number of hydrogen-bond acceptors (Lipinski definition) is 7. The highest BCUT2D eigenvalue weighted by atomic mass is 15.3. The van der Waals surface area contributed by atoms with Gasteiger partial charge >= 0.3 is 0 Å². The maximum atomic E-state index is 4.50. The van der Waals surface area contributed by atoms with Crippen LogP contribution in [0.15, 0.2) is 24.4 Å². The van der Waals surface area contributed by atoms with Gasteiger partial charge in [-0.05, 0) is 71.6 Å². The Morgan fingerprint density at radius 3 is 2.54 bits per heavy atom. The summed E-state index contributed by atoms with van der Waals surface area (Å²) >= 11 is 0. The van der Waals surface area contributed by atoms with E-state index in [-0.39, 0.29) is 0 Å². The van der Waals surface area contributed by atoms with Gasteiger partial charge in [0.15, 0.2) is 5.82 Å². The monoisotopic (exact) mass is 357 g/mol. The number of benzene rings is 1. The quantitative estimate of drug-likeness (QED) is 0.633. The molecule has 0 aliphatic heterocycles. The minimum Gasteiger partial charge on any atom is -0.372 e. The van der Waals surface area contributed by atoms with Crippen molar-refractivity contribution in [2.45, 2.75) is 27.2 Å². The third-order valence-electron chi connectivity index (χ3n) is 4.23. The lowest BCUT2D eigenvalue weighted by Gasteiger charge is -2.22. The first-order valence-electron chi connectivity index (χ1n) is 9.24. The van der Waals surface area contributed by atoms with E-state index in [4.69, 9.17) is 0 Å². The van der Waals surface area contributed by atoms with Crippen LogP contribution in [0.4, 0.5) is 23.1 Å². The summed E-state index contributed by atoms with van der Waals surface area (Å²) in [5.74, 6) is 1.24. The van der Waals surface area contributed by atoms with Crippen LogP contribution in [-0.2, 0) is 0 Å². The second kappa shape index (κ2) is 9.91. The average molecular weight is 358 g/mol. The van der Waals surface area contributed by atoms with Crippen molar-refractivity contribution in [2.75, 3.05) is 55.8 Å². The van der Waals surface area contributed by atoms with Crippen LogP contribution in [0, 0.1) is 6.92 Å². The molecular formula is C19H31N7. The van der Waals surface area contributed by atoms with Gasteiger partial charge in [0.25, 0.3) is 0 Å². The molecule has 0 saturated carbocycles. The molecular weight excluding hydrogens is 326 g/mol. The Morgan fingerprint density at radius 2 is 1.88 bits per heavy atom. The first-order chi connectivity index (χ1) is 12.5. The molecule has 0 aliphatic carbocycles. The molecule has 0 spiro atoms. The minimum atomic E-state index is 0.547. The van der Waals surface area contributed by atoms with Gasteiger partial charge in [0.05, 0.1) is 6.20 Å². The van der Waals surface area contributed by atoms with Crippen LogP contribution in [0.25, 0.3) is 0 Å². The molecule has 0 bridgehead atoms. The van der Waals surface area contributed by atoms with Gasteiger partial charge in [0.2, 0.25) is 5.95 Å². The lowest BCUT2D eigenvalue weighted by atomic mass is 10.1. The predicted octanol–water partition coefficient (Wildman–Crippen LogP) is 3.13. The average Bonchev–Trinajstić information content (AvgIpc) is 2.62. The fourth-order valence-electron chi connectivity index (χ4n) is 2.75. The maximum Gasteiger partial charge on any atom is 0.244 e. The zero-order chi connectivity index (χ0) is 18.9. The van der Waals surface area contributed by atoms with Crippen LogP contribution in [0.1, 0.15) is 25.8 Å². The zero-order valence-electron chi connectivity index (χ0n) is 16.6. The molecule has 0 fully saturated rings. The van der Waals surface area contributed by atoms with Crippen LogP contribution in [0.2, 0.25) is 0 Å². The number of aryl methyl sites for hydroxylation is 1. The number of nitrogens with zero attached hydrogens (tertiary/aromatic N) is 5. The van der Waals surface area contributed by atoms with Crippen LogP contribution >= 0.6 is 0 Å². The topological polar surface area (TPSA) is 69.2 Å². The summed E-state index contributed by atoms with van der Waals surface area (Å²) in [4.78, 5) is 8.98. The largest absolute Gasteiger partial charge is 0.372 e. The van der Waals surface area contributed by atoms with E-state index in [0.29, 0.717) is 11.8 Å². The number of nitrogens with one attached hydrogen (secondary N) is 2. The van der Waals surface area contributed by atoms with Crippen molar-refractivity contribution < 1.29 is 0 Å². The molecule has 0 unspecified atom stereocenters. The normalized spacial score (nSPS) is 10.8. The highest BCUT2D eigenvalue weighted by Crippen LogP contribution is 2.24. The Hall–Kier alpha value is -2.41. The zero-order valence-corrected chi connectivity index (χ0v) is 16.6. The van der Waals surface area contributed by atoms with Crippen LogP contribution in [0.3, 0.4) is 0 Å². The number of anilines is 4. The van der Waals surface area contributed by atoms with E-state index in [1.165, 1.54) is 11.3 Å². The lowest BCUT2D eigenvalue weighted by Crippen LogP contribution is -2.21. The molecule has 142 valence electrons. The third-order valence-corrected chi connectivity index (χ3v) is 4.23. The summed E-state index contributed by atoms with van der Waals surface area (Å²) in [5, 5.41) is 14.7. The van der Waals surface area contributed by atoms with Gasteiger partial charge in [0.1, 0.15) is 0 Å². The first-order valence-corrected chi connectivity index (χ1v) is 9.24. The Kier molecular flexibility index (Phi) is 7.59. The summed E-state index contributed by atoms with van der Waals surface area (Å²) in [6.07, 6.45) is 2.67. The number of hydrogen-bond donors (Lipinski definition) is 2. The van der Waals surface area contributed by atoms with E-state index in [1.54, 1.807) is 6.20 Å². The van der Waals surface area contributed by atoms with Crippen molar-refractivity contribution in [1.82, 2.24) is 20.1 Å². The lowest BCUT2D eigenvalue weighted by molar-refractivity contribution is 0.405. The fraction of sp³-hybridized carbons (Fsp3) is 0.526. The van der Waals surface area contributed by atoms with E-state index >= 15 is 0 Å². The molecule has 2 aromatic rings. The molecule has 0 amide bonds. The van der Waals surface area contributed by atoms with Gasteiger partial charge in [0, 0.05) is 31.0 Å². The first kappa shape index (κ1) is 19.9. The standard InChI is InChI=1S/C19H31N7/c1-6-26(7-2)16-9-10-17(15(3)13-16)22-18-14-21-24-19(23-18)20-11-8-12-25(4)5/h9-10,13-14H,6-8,11-12H2,1-5H3,(H2,20,22,23,24). The Labute approximate surface area is 156 Å². The Bertz CT molecular complexity index is 683. The molecule has 1 aromatic heterocycles. The van der Waals surface area contributed by atoms with Crippen molar-refractivity contribution in [3.8, 4) is 0 Å². The van der Waals surface area contributed by atoms with E-state index in [1.807, 2.05) is 0 Å². The summed E-state index contributed by atoms with van der Waals surface area (Å²) in [6.45, 7) is 10.3. The molecule has 0 aliphatic rings. The molecule has 0 atom stereocenters. The van der Waals surface area contributed by atoms with E-state index < -0.39 is 0 Å². The molecule has 2 N–H and O–H groups in total. The van der Waals surface area contributed by atoms with Gasteiger partial charge in [-0.25, -0.2) is 0 Å². The molecule has 7 nitrogen and oxygen atoms in total. The Balaban J connectivity index is 2.01.